The zero-order valence-electron chi connectivity index (χ0n) is 9.61. The zero-order valence-corrected chi connectivity index (χ0v) is 11.9. The third-order valence-electron chi connectivity index (χ3n) is 3.03. The number of rotatable bonds is 2. The van der Waals surface area contributed by atoms with Gasteiger partial charge in [0, 0.05) is 27.8 Å². The van der Waals surface area contributed by atoms with Crippen molar-refractivity contribution in [1.29, 1.82) is 0 Å². The molecule has 0 aliphatic heterocycles. The second-order valence-electron chi connectivity index (χ2n) is 4.24. The van der Waals surface area contributed by atoms with Crippen LogP contribution in [0.25, 0.3) is 10.9 Å². The lowest BCUT2D eigenvalue weighted by molar-refractivity contribution is 0.833. The normalized spacial score (nSPS) is 11.0. The van der Waals surface area contributed by atoms with E-state index in [-0.39, 0.29) is 0 Å². The van der Waals surface area contributed by atoms with Crippen molar-refractivity contribution in [2.24, 2.45) is 0 Å². The van der Waals surface area contributed by atoms with E-state index in [0.29, 0.717) is 0 Å². The Morgan fingerprint density at radius 3 is 2.72 bits per heavy atom. The lowest BCUT2D eigenvalue weighted by Gasteiger charge is -2.07. The van der Waals surface area contributed by atoms with E-state index in [4.69, 9.17) is 11.6 Å². The van der Waals surface area contributed by atoms with Crippen molar-refractivity contribution < 1.29 is 0 Å². The summed E-state index contributed by atoms with van der Waals surface area (Å²) in [6, 6.07) is 16.4. The zero-order chi connectivity index (χ0) is 12.5. The van der Waals surface area contributed by atoms with Gasteiger partial charge in [0.25, 0.3) is 0 Å². The van der Waals surface area contributed by atoms with Crippen molar-refractivity contribution in [2.45, 2.75) is 6.54 Å². The molecule has 3 aromatic rings. The molecule has 0 atom stereocenters. The van der Waals surface area contributed by atoms with Crippen molar-refractivity contribution in [2.75, 3.05) is 0 Å². The summed E-state index contributed by atoms with van der Waals surface area (Å²) < 4.78 is 3.34. The van der Waals surface area contributed by atoms with Gasteiger partial charge < -0.3 is 4.57 Å². The molecule has 18 heavy (non-hydrogen) atoms. The van der Waals surface area contributed by atoms with Gasteiger partial charge >= 0.3 is 0 Å². The number of nitrogens with zero attached hydrogens (tertiary/aromatic N) is 1. The third-order valence-corrected chi connectivity index (χ3v) is 4.04. The molecule has 1 nitrogen and oxygen atoms in total. The minimum atomic E-state index is 0.773. The first kappa shape index (κ1) is 11.8. The molecule has 0 bridgehead atoms. The van der Waals surface area contributed by atoms with Crippen molar-refractivity contribution >= 4 is 38.4 Å². The summed E-state index contributed by atoms with van der Waals surface area (Å²) in [7, 11) is 0. The first-order valence-electron chi connectivity index (χ1n) is 5.72. The third kappa shape index (κ3) is 2.18. The Morgan fingerprint density at radius 2 is 1.89 bits per heavy atom. The molecular formula is C15H11BrClN. The van der Waals surface area contributed by atoms with E-state index < -0.39 is 0 Å². The molecule has 0 fully saturated rings. The van der Waals surface area contributed by atoms with E-state index in [1.165, 1.54) is 16.5 Å². The van der Waals surface area contributed by atoms with Crippen LogP contribution >= 0.6 is 27.5 Å². The molecule has 2 aromatic carbocycles. The van der Waals surface area contributed by atoms with E-state index in [9.17, 15) is 0 Å². The highest BCUT2D eigenvalue weighted by atomic mass is 79.9. The summed E-state index contributed by atoms with van der Waals surface area (Å²) in [6.45, 7) is 0.839. The van der Waals surface area contributed by atoms with E-state index in [0.717, 1.165) is 16.0 Å². The minimum Gasteiger partial charge on any atom is -0.343 e. The monoisotopic (exact) mass is 319 g/mol. The predicted molar refractivity (Wildman–Crippen MR) is 80.2 cm³/mol. The van der Waals surface area contributed by atoms with Gasteiger partial charge in [-0.15, -0.1) is 0 Å². The number of aromatic nitrogens is 1. The first-order chi connectivity index (χ1) is 8.74. The quantitative estimate of drug-likeness (QED) is 0.618. The van der Waals surface area contributed by atoms with Crippen LogP contribution in [0.15, 0.2) is 59.2 Å². The fourth-order valence-electron chi connectivity index (χ4n) is 2.11. The van der Waals surface area contributed by atoms with E-state index in [1.54, 1.807) is 0 Å². The number of hydrogen-bond acceptors (Lipinski definition) is 0. The number of hydrogen-bond donors (Lipinski definition) is 0. The Hall–Kier alpha value is -1.25. The summed E-state index contributed by atoms with van der Waals surface area (Å²) >= 11 is 9.64. The van der Waals surface area contributed by atoms with Gasteiger partial charge in [0.15, 0.2) is 0 Å². The molecule has 3 rings (SSSR count). The number of benzene rings is 2. The smallest absolute Gasteiger partial charge is 0.0498 e. The molecular weight excluding hydrogens is 310 g/mol. The standard InChI is InChI=1S/C15H11BrClN/c16-14-4-2-1-3-12(14)10-18-8-7-11-5-6-13(17)9-15(11)18/h1-9H,10H2. The fraction of sp³-hybridized carbons (Fsp3) is 0.0667. The average molecular weight is 321 g/mol. The molecule has 0 spiro atoms. The van der Waals surface area contributed by atoms with E-state index >= 15 is 0 Å². The second-order valence-corrected chi connectivity index (χ2v) is 5.53. The maximum absolute atomic E-state index is 6.06. The summed E-state index contributed by atoms with van der Waals surface area (Å²) in [5.74, 6) is 0. The molecule has 0 aliphatic carbocycles. The van der Waals surface area contributed by atoms with Crippen molar-refractivity contribution in [3.63, 3.8) is 0 Å². The van der Waals surface area contributed by atoms with E-state index in [2.05, 4.69) is 51.0 Å². The van der Waals surface area contributed by atoms with Gasteiger partial charge in [-0.2, -0.15) is 0 Å². The van der Waals surface area contributed by atoms with Crippen molar-refractivity contribution in [1.82, 2.24) is 4.57 Å². The summed E-state index contributed by atoms with van der Waals surface area (Å²) in [5, 5.41) is 1.99. The van der Waals surface area contributed by atoms with Gasteiger partial charge in [-0.05, 0) is 35.2 Å². The Bertz CT molecular complexity index is 703. The predicted octanol–water partition coefficient (Wildman–Crippen LogP) is 5.11. The Kier molecular flexibility index (Phi) is 3.14. The highest BCUT2D eigenvalue weighted by Crippen LogP contribution is 2.23. The van der Waals surface area contributed by atoms with Crippen LogP contribution in [0.2, 0.25) is 5.02 Å². The Labute approximate surface area is 119 Å². The topological polar surface area (TPSA) is 4.93 Å². The minimum absolute atomic E-state index is 0.773. The van der Waals surface area contributed by atoms with Gasteiger partial charge in [0.05, 0.1) is 0 Å². The average Bonchev–Trinajstić information content (AvgIpc) is 2.75. The largest absolute Gasteiger partial charge is 0.343 e. The van der Waals surface area contributed by atoms with Crippen LogP contribution in [-0.4, -0.2) is 4.57 Å². The molecule has 0 amide bonds. The van der Waals surface area contributed by atoms with Crippen LogP contribution < -0.4 is 0 Å². The van der Waals surface area contributed by atoms with Crippen molar-refractivity contribution in [3.8, 4) is 0 Å². The maximum Gasteiger partial charge on any atom is 0.0498 e. The van der Waals surface area contributed by atoms with Crippen LogP contribution in [0.4, 0.5) is 0 Å². The molecule has 0 radical (unpaired) electrons. The molecule has 1 heterocycles. The van der Waals surface area contributed by atoms with E-state index in [1.807, 2.05) is 24.3 Å². The molecule has 90 valence electrons. The van der Waals surface area contributed by atoms with Gasteiger partial charge in [0.2, 0.25) is 0 Å². The highest BCUT2D eigenvalue weighted by Gasteiger charge is 2.04. The molecule has 1 aromatic heterocycles. The SMILES string of the molecule is Clc1ccc2ccn(Cc3ccccc3Br)c2c1. The molecule has 0 unspecified atom stereocenters. The van der Waals surface area contributed by atoms with Crippen LogP contribution in [0.3, 0.4) is 0 Å². The molecule has 0 saturated heterocycles. The van der Waals surface area contributed by atoms with Crippen molar-refractivity contribution in [3.05, 3.63) is 69.8 Å². The number of halogens is 2. The molecule has 0 N–H and O–H groups in total. The van der Waals surface area contributed by atoms with Gasteiger partial charge in [-0.1, -0.05) is 51.8 Å². The van der Waals surface area contributed by atoms with Crippen LogP contribution in [-0.2, 0) is 6.54 Å². The Balaban J connectivity index is 2.05. The first-order valence-corrected chi connectivity index (χ1v) is 6.89. The van der Waals surface area contributed by atoms with Crippen LogP contribution in [0.5, 0.6) is 0 Å². The van der Waals surface area contributed by atoms with Gasteiger partial charge in [0.1, 0.15) is 0 Å². The number of fused-ring (bicyclic) bond motifs is 1. The Morgan fingerprint density at radius 1 is 1.06 bits per heavy atom. The second kappa shape index (κ2) is 4.79. The highest BCUT2D eigenvalue weighted by molar-refractivity contribution is 9.10. The fourth-order valence-corrected chi connectivity index (χ4v) is 2.68. The van der Waals surface area contributed by atoms with Crippen LogP contribution in [0, 0.1) is 0 Å². The molecule has 0 saturated carbocycles. The summed E-state index contributed by atoms with van der Waals surface area (Å²) in [4.78, 5) is 0. The van der Waals surface area contributed by atoms with Gasteiger partial charge in [-0.3, -0.25) is 0 Å². The molecule has 3 heteroatoms. The van der Waals surface area contributed by atoms with Gasteiger partial charge in [-0.25, -0.2) is 0 Å². The maximum atomic E-state index is 6.06. The van der Waals surface area contributed by atoms with Crippen LogP contribution in [0.1, 0.15) is 5.56 Å². The lowest BCUT2D eigenvalue weighted by Crippen LogP contribution is -1.98. The molecule has 0 aliphatic rings. The summed E-state index contributed by atoms with van der Waals surface area (Å²) in [5.41, 5.74) is 2.42. The summed E-state index contributed by atoms with van der Waals surface area (Å²) in [6.07, 6.45) is 2.10. The lowest BCUT2D eigenvalue weighted by atomic mass is 10.2.